The Labute approximate surface area is 113 Å². The van der Waals surface area contributed by atoms with Gasteiger partial charge < -0.3 is 18.9 Å². The van der Waals surface area contributed by atoms with Crippen molar-refractivity contribution in [3.05, 3.63) is 17.7 Å². The van der Waals surface area contributed by atoms with Crippen molar-refractivity contribution < 1.29 is 23.7 Å². The van der Waals surface area contributed by atoms with E-state index in [0.29, 0.717) is 11.5 Å². The number of hydrogen-bond donors (Lipinski definition) is 0. The van der Waals surface area contributed by atoms with Crippen LogP contribution in [0.2, 0.25) is 0 Å². The fraction of sp³-hybridized carbons (Fsp3) is 0.500. The average molecular weight is 268 g/mol. The predicted octanol–water partition coefficient (Wildman–Crippen LogP) is 3.33. The Bertz CT molecular complexity index is 434. The van der Waals surface area contributed by atoms with E-state index < -0.39 is 11.8 Å². The zero-order chi connectivity index (χ0) is 14.6. The van der Waals surface area contributed by atoms with E-state index in [0.717, 1.165) is 5.56 Å². The Morgan fingerprint density at radius 2 is 1.53 bits per heavy atom. The highest BCUT2D eigenvalue weighted by molar-refractivity contribution is 5.68. The maximum absolute atomic E-state index is 11.7. The first-order valence-electron chi connectivity index (χ1n) is 5.90. The maximum atomic E-state index is 11.7. The molecule has 0 spiro atoms. The Morgan fingerprint density at radius 3 is 1.89 bits per heavy atom. The van der Waals surface area contributed by atoms with Crippen LogP contribution in [0.25, 0.3) is 0 Å². The topological polar surface area (TPSA) is 54.0 Å². The minimum absolute atomic E-state index is 0.213. The molecule has 0 saturated heterocycles. The molecule has 5 heteroatoms. The molecule has 0 N–H and O–H groups in total. The molecule has 0 aliphatic heterocycles. The van der Waals surface area contributed by atoms with E-state index in [4.69, 9.17) is 18.9 Å². The van der Waals surface area contributed by atoms with Gasteiger partial charge in [0.1, 0.15) is 5.60 Å². The van der Waals surface area contributed by atoms with Crippen molar-refractivity contribution >= 4 is 6.16 Å². The largest absolute Gasteiger partial charge is 0.514 e. The van der Waals surface area contributed by atoms with Gasteiger partial charge in [-0.15, -0.1) is 0 Å². The molecular formula is C14H20O5. The number of aryl methyl sites for hydroxylation is 1. The molecule has 1 aromatic carbocycles. The fourth-order valence-corrected chi connectivity index (χ4v) is 1.47. The van der Waals surface area contributed by atoms with Gasteiger partial charge in [-0.3, -0.25) is 0 Å². The highest BCUT2D eigenvalue weighted by Gasteiger charge is 2.22. The molecule has 0 amide bonds. The average Bonchev–Trinajstić information content (AvgIpc) is 2.28. The van der Waals surface area contributed by atoms with Crippen molar-refractivity contribution in [1.29, 1.82) is 0 Å². The van der Waals surface area contributed by atoms with Crippen molar-refractivity contribution in [3.63, 3.8) is 0 Å². The van der Waals surface area contributed by atoms with Crippen LogP contribution in [0, 0.1) is 6.92 Å². The molecule has 0 aliphatic rings. The number of rotatable bonds is 3. The van der Waals surface area contributed by atoms with Crippen LogP contribution in [-0.2, 0) is 4.74 Å². The second-order valence-electron chi connectivity index (χ2n) is 5.07. The van der Waals surface area contributed by atoms with Crippen molar-refractivity contribution in [3.8, 4) is 17.2 Å². The van der Waals surface area contributed by atoms with Crippen LogP contribution in [0.1, 0.15) is 26.3 Å². The third kappa shape index (κ3) is 4.35. The molecule has 19 heavy (non-hydrogen) atoms. The Hall–Kier alpha value is -1.91. The van der Waals surface area contributed by atoms with Crippen molar-refractivity contribution in [2.75, 3.05) is 14.2 Å². The van der Waals surface area contributed by atoms with Gasteiger partial charge in [-0.1, -0.05) is 0 Å². The number of benzene rings is 1. The molecule has 0 atom stereocenters. The third-order valence-corrected chi connectivity index (χ3v) is 2.18. The second kappa shape index (κ2) is 5.82. The Morgan fingerprint density at radius 1 is 1.05 bits per heavy atom. The van der Waals surface area contributed by atoms with Crippen molar-refractivity contribution in [2.45, 2.75) is 33.3 Å². The van der Waals surface area contributed by atoms with Gasteiger partial charge in [-0.2, -0.15) is 0 Å². The van der Waals surface area contributed by atoms with Crippen molar-refractivity contribution in [2.24, 2.45) is 0 Å². The Balaban J connectivity index is 3.02. The molecular weight excluding hydrogens is 248 g/mol. The first-order chi connectivity index (χ1) is 8.76. The first-order valence-corrected chi connectivity index (χ1v) is 5.90. The number of carbonyl (C=O) groups excluding carboxylic acids is 1. The van der Waals surface area contributed by atoms with Crippen LogP contribution in [-0.4, -0.2) is 26.0 Å². The highest BCUT2D eigenvalue weighted by atomic mass is 16.7. The molecule has 0 aliphatic carbocycles. The van der Waals surface area contributed by atoms with Gasteiger partial charge in [-0.05, 0) is 45.4 Å². The van der Waals surface area contributed by atoms with Gasteiger partial charge in [0, 0.05) is 0 Å². The lowest BCUT2D eigenvalue weighted by atomic mass is 10.2. The fourth-order valence-electron chi connectivity index (χ4n) is 1.47. The summed E-state index contributed by atoms with van der Waals surface area (Å²) < 4.78 is 20.7. The molecule has 0 unspecified atom stereocenters. The van der Waals surface area contributed by atoms with Gasteiger partial charge in [0.15, 0.2) is 11.5 Å². The lowest BCUT2D eigenvalue weighted by Crippen LogP contribution is -2.26. The third-order valence-electron chi connectivity index (χ3n) is 2.18. The van der Waals surface area contributed by atoms with Crippen LogP contribution in [0.5, 0.6) is 17.2 Å². The number of ether oxygens (including phenoxy) is 4. The zero-order valence-electron chi connectivity index (χ0n) is 12.2. The summed E-state index contributed by atoms with van der Waals surface area (Å²) in [5, 5.41) is 0. The number of carbonyl (C=O) groups is 1. The van der Waals surface area contributed by atoms with Gasteiger partial charge in [0.25, 0.3) is 0 Å². The minimum atomic E-state index is -0.798. The lowest BCUT2D eigenvalue weighted by Gasteiger charge is -2.20. The van der Waals surface area contributed by atoms with E-state index >= 15 is 0 Å². The van der Waals surface area contributed by atoms with Crippen LogP contribution in [0.3, 0.4) is 0 Å². The number of methoxy groups -OCH3 is 2. The normalized spacial score (nSPS) is 10.8. The van der Waals surface area contributed by atoms with Gasteiger partial charge in [0.2, 0.25) is 5.75 Å². The molecule has 1 aromatic rings. The van der Waals surface area contributed by atoms with Crippen LogP contribution in [0.4, 0.5) is 4.79 Å². The summed E-state index contributed by atoms with van der Waals surface area (Å²) in [6.07, 6.45) is -0.798. The van der Waals surface area contributed by atoms with E-state index in [9.17, 15) is 4.79 Å². The van der Waals surface area contributed by atoms with E-state index in [2.05, 4.69) is 0 Å². The minimum Gasteiger partial charge on any atom is -0.493 e. The summed E-state index contributed by atoms with van der Waals surface area (Å²) in [5.41, 5.74) is 0.313. The molecule has 0 aromatic heterocycles. The van der Waals surface area contributed by atoms with E-state index in [1.165, 1.54) is 14.2 Å². The lowest BCUT2D eigenvalue weighted by molar-refractivity contribution is 0.0195. The standard InChI is InChI=1S/C14H20O5/c1-9-7-10(16-5)12(11(8-9)17-6)18-13(15)19-14(2,3)4/h7-8H,1-6H3. The highest BCUT2D eigenvalue weighted by Crippen LogP contribution is 2.38. The summed E-state index contributed by atoms with van der Waals surface area (Å²) >= 11 is 0. The van der Waals surface area contributed by atoms with Gasteiger partial charge in [0.05, 0.1) is 14.2 Å². The van der Waals surface area contributed by atoms with E-state index in [1.54, 1.807) is 32.9 Å². The van der Waals surface area contributed by atoms with Crippen LogP contribution >= 0.6 is 0 Å². The molecule has 0 bridgehead atoms. The zero-order valence-corrected chi connectivity index (χ0v) is 12.2. The van der Waals surface area contributed by atoms with Crippen LogP contribution in [0.15, 0.2) is 12.1 Å². The molecule has 0 radical (unpaired) electrons. The summed E-state index contributed by atoms with van der Waals surface area (Å²) in [5.74, 6) is 1.05. The first kappa shape index (κ1) is 15.1. The van der Waals surface area contributed by atoms with Crippen molar-refractivity contribution in [1.82, 2.24) is 0 Å². The van der Waals surface area contributed by atoms with Crippen LogP contribution < -0.4 is 14.2 Å². The molecule has 0 saturated carbocycles. The summed E-state index contributed by atoms with van der Waals surface area (Å²) in [6.45, 7) is 7.18. The summed E-state index contributed by atoms with van der Waals surface area (Å²) in [6, 6.07) is 3.50. The second-order valence-corrected chi connectivity index (χ2v) is 5.07. The summed E-state index contributed by atoms with van der Waals surface area (Å²) in [4.78, 5) is 11.7. The molecule has 1 rings (SSSR count). The smallest absolute Gasteiger partial charge is 0.493 e. The molecule has 0 fully saturated rings. The molecule has 106 valence electrons. The number of hydrogen-bond acceptors (Lipinski definition) is 5. The quantitative estimate of drug-likeness (QED) is 0.621. The van der Waals surface area contributed by atoms with Gasteiger partial charge in [-0.25, -0.2) is 4.79 Å². The Kier molecular flexibility index (Phi) is 4.64. The monoisotopic (exact) mass is 268 g/mol. The maximum Gasteiger partial charge on any atom is 0.514 e. The predicted molar refractivity (Wildman–Crippen MR) is 71.1 cm³/mol. The van der Waals surface area contributed by atoms with E-state index in [-0.39, 0.29) is 5.75 Å². The van der Waals surface area contributed by atoms with Gasteiger partial charge >= 0.3 is 6.16 Å². The molecule has 0 heterocycles. The summed E-state index contributed by atoms with van der Waals surface area (Å²) in [7, 11) is 2.99. The van der Waals surface area contributed by atoms with E-state index in [1.807, 2.05) is 6.92 Å². The SMILES string of the molecule is COc1cc(C)cc(OC)c1OC(=O)OC(C)(C)C. The molecule has 5 nitrogen and oxygen atoms in total.